The van der Waals surface area contributed by atoms with Crippen LogP contribution in [0.15, 0.2) is 34.9 Å². The zero-order valence-electron chi connectivity index (χ0n) is 11.3. The summed E-state index contributed by atoms with van der Waals surface area (Å²) in [7, 11) is 0. The fourth-order valence-electron chi connectivity index (χ4n) is 1.71. The maximum atomic E-state index is 11.8. The number of unbranched alkanes of at least 4 members (excludes halogenated alkanes) is 1. The highest BCUT2D eigenvalue weighted by Gasteiger charge is 2.13. The Kier molecular flexibility index (Phi) is 4.34. The number of aryl methyl sites for hydroxylation is 1. The van der Waals surface area contributed by atoms with E-state index in [4.69, 9.17) is 4.52 Å². The number of nitrogens with one attached hydrogen (secondary N) is 1. The molecule has 4 heteroatoms. The lowest BCUT2D eigenvalue weighted by molar-refractivity contribution is 0.0916. The fourth-order valence-corrected chi connectivity index (χ4v) is 1.71. The summed E-state index contributed by atoms with van der Waals surface area (Å²) in [4.78, 5) is 11.8. The number of benzene rings is 1. The molecule has 1 heterocycles. The number of aromatic nitrogens is 1. The van der Waals surface area contributed by atoms with E-state index in [9.17, 15) is 4.79 Å². The van der Waals surface area contributed by atoms with Gasteiger partial charge in [-0.05, 0) is 13.3 Å². The van der Waals surface area contributed by atoms with Gasteiger partial charge in [-0.1, -0.05) is 48.3 Å². The lowest BCUT2D eigenvalue weighted by Gasteiger charge is -1.99. The molecule has 0 spiro atoms. The first-order valence-electron chi connectivity index (χ1n) is 6.52. The summed E-state index contributed by atoms with van der Waals surface area (Å²) in [6.07, 6.45) is 2.01. The van der Waals surface area contributed by atoms with Gasteiger partial charge in [-0.3, -0.25) is 4.79 Å². The molecular formula is C15H18N2O2. The molecule has 4 nitrogen and oxygen atoms in total. The third-order valence-electron chi connectivity index (χ3n) is 2.90. The Morgan fingerprint density at radius 2 is 2.05 bits per heavy atom. The van der Waals surface area contributed by atoms with E-state index in [0.717, 1.165) is 18.4 Å². The van der Waals surface area contributed by atoms with Crippen LogP contribution in [0.4, 0.5) is 0 Å². The summed E-state index contributed by atoms with van der Waals surface area (Å²) in [5.74, 6) is 0.0472. The minimum absolute atomic E-state index is 0.209. The van der Waals surface area contributed by atoms with Crippen LogP contribution in [-0.4, -0.2) is 17.6 Å². The molecule has 0 unspecified atom stereocenters. The Hall–Kier alpha value is -2.10. The summed E-state index contributed by atoms with van der Waals surface area (Å²) in [5, 5.41) is 6.73. The van der Waals surface area contributed by atoms with Gasteiger partial charge in [0.15, 0.2) is 0 Å². The molecule has 1 aromatic carbocycles. The average molecular weight is 258 g/mol. The molecule has 0 fully saturated rings. The third-order valence-corrected chi connectivity index (χ3v) is 2.90. The van der Waals surface area contributed by atoms with Crippen molar-refractivity contribution >= 4 is 5.91 Å². The van der Waals surface area contributed by atoms with Crippen LogP contribution >= 0.6 is 0 Å². The number of amides is 1. The van der Waals surface area contributed by atoms with Crippen LogP contribution in [0.5, 0.6) is 0 Å². The van der Waals surface area contributed by atoms with E-state index in [1.54, 1.807) is 6.07 Å². The molecule has 0 aliphatic carbocycles. The smallest absolute Gasteiger partial charge is 0.289 e. The van der Waals surface area contributed by atoms with Crippen LogP contribution < -0.4 is 5.32 Å². The second kappa shape index (κ2) is 6.18. The topological polar surface area (TPSA) is 55.1 Å². The first kappa shape index (κ1) is 13.3. The maximum Gasteiger partial charge on any atom is 0.289 e. The van der Waals surface area contributed by atoms with Crippen molar-refractivity contribution in [3.8, 4) is 11.3 Å². The van der Waals surface area contributed by atoms with Crippen LogP contribution in [0.3, 0.4) is 0 Å². The standard InChI is InChI=1S/C15H18N2O2/c1-3-4-9-16-15(18)14-10-13(17-19-14)12-7-5-11(2)6-8-12/h5-8,10H,3-4,9H2,1-2H3,(H,16,18). The van der Waals surface area contributed by atoms with Crippen molar-refractivity contribution in [2.45, 2.75) is 26.7 Å². The monoisotopic (exact) mass is 258 g/mol. The Balaban J connectivity index is 2.06. The second-order valence-electron chi connectivity index (χ2n) is 4.55. The minimum atomic E-state index is -0.209. The highest BCUT2D eigenvalue weighted by molar-refractivity contribution is 5.92. The van der Waals surface area contributed by atoms with Crippen molar-refractivity contribution in [3.63, 3.8) is 0 Å². The molecule has 0 saturated heterocycles. The lowest BCUT2D eigenvalue weighted by Crippen LogP contribution is -2.23. The Labute approximate surface area is 112 Å². The Bertz CT molecular complexity index is 544. The van der Waals surface area contributed by atoms with Crippen LogP contribution in [0.2, 0.25) is 0 Å². The third kappa shape index (κ3) is 3.44. The summed E-state index contributed by atoms with van der Waals surface area (Å²) in [6.45, 7) is 4.77. The van der Waals surface area contributed by atoms with E-state index in [1.165, 1.54) is 5.56 Å². The van der Waals surface area contributed by atoms with Gasteiger partial charge in [0.05, 0.1) is 0 Å². The molecule has 0 atom stereocenters. The molecular weight excluding hydrogens is 240 g/mol. The van der Waals surface area contributed by atoms with Crippen molar-refractivity contribution in [2.24, 2.45) is 0 Å². The molecule has 100 valence electrons. The highest BCUT2D eigenvalue weighted by Crippen LogP contribution is 2.19. The van der Waals surface area contributed by atoms with Crippen LogP contribution in [0.1, 0.15) is 35.9 Å². The van der Waals surface area contributed by atoms with E-state index in [-0.39, 0.29) is 11.7 Å². The number of nitrogens with zero attached hydrogens (tertiary/aromatic N) is 1. The second-order valence-corrected chi connectivity index (χ2v) is 4.55. The van der Waals surface area contributed by atoms with Crippen LogP contribution in [0.25, 0.3) is 11.3 Å². The van der Waals surface area contributed by atoms with Crippen LogP contribution in [-0.2, 0) is 0 Å². The quantitative estimate of drug-likeness (QED) is 0.838. The van der Waals surface area contributed by atoms with E-state index >= 15 is 0 Å². The van der Waals surface area contributed by atoms with Gasteiger partial charge in [0.2, 0.25) is 5.76 Å². The molecule has 0 aliphatic rings. The maximum absolute atomic E-state index is 11.8. The largest absolute Gasteiger partial charge is 0.350 e. The SMILES string of the molecule is CCCCNC(=O)c1cc(-c2ccc(C)cc2)no1. The van der Waals surface area contributed by atoms with Gasteiger partial charge in [0, 0.05) is 18.2 Å². The zero-order chi connectivity index (χ0) is 13.7. The molecule has 1 amide bonds. The van der Waals surface area contributed by atoms with Gasteiger partial charge in [-0.2, -0.15) is 0 Å². The number of rotatable bonds is 5. The van der Waals surface area contributed by atoms with Crippen molar-refractivity contribution in [1.29, 1.82) is 0 Å². The summed E-state index contributed by atoms with van der Waals surface area (Å²) < 4.78 is 5.08. The van der Waals surface area contributed by atoms with Crippen molar-refractivity contribution in [3.05, 3.63) is 41.7 Å². The Morgan fingerprint density at radius 1 is 1.32 bits per heavy atom. The van der Waals surface area contributed by atoms with Gasteiger partial charge in [-0.15, -0.1) is 0 Å². The molecule has 19 heavy (non-hydrogen) atoms. The minimum Gasteiger partial charge on any atom is -0.350 e. The molecule has 1 N–H and O–H groups in total. The first-order chi connectivity index (χ1) is 9.20. The van der Waals surface area contributed by atoms with Gasteiger partial charge >= 0.3 is 0 Å². The van der Waals surface area contributed by atoms with E-state index in [1.807, 2.05) is 31.2 Å². The number of hydrogen-bond donors (Lipinski definition) is 1. The first-order valence-corrected chi connectivity index (χ1v) is 6.52. The summed E-state index contributed by atoms with van der Waals surface area (Å²) in [5.41, 5.74) is 2.81. The predicted octanol–water partition coefficient (Wildman–Crippen LogP) is 3.18. The highest BCUT2D eigenvalue weighted by atomic mass is 16.5. The average Bonchev–Trinajstić information content (AvgIpc) is 2.89. The van der Waals surface area contributed by atoms with Gasteiger partial charge in [-0.25, -0.2) is 0 Å². The van der Waals surface area contributed by atoms with Crippen molar-refractivity contribution < 1.29 is 9.32 Å². The number of carbonyl (C=O) groups is 1. The lowest BCUT2D eigenvalue weighted by atomic mass is 10.1. The fraction of sp³-hybridized carbons (Fsp3) is 0.333. The Morgan fingerprint density at radius 3 is 2.74 bits per heavy atom. The van der Waals surface area contributed by atoms with E-state index in [0.29, 0.717) is 12.2 Å². The normalized spacial score (nSPS) is 10.4. The molecule has 2 rings (SSSR count). The zero-order valence-corrected chi connectivity index (χ0v) is 11.3. The van der Waals surface area contributed by atoms with E-state index in [2.05, 4.69) is 17.4 Å². The number of hydrogen-bond acceptors (Lipinski definition) is 3. The summed E-state index contributed by atoms with van der Waals surface area (Å²) in [6, 6.07) is 9.61. The van der Waals surface area contributed by atoms with Crippen molar-refractivity contribution in [1.82, 2.24) is 10.5 Å². The van der Waals surface area contributed by atoms with Gasteiger partial charge in [0.25, 0.3) is 5.91 Å². The van der Waals surface area contributed by atoms with Gasteiger partial charge in [0.1, 0.15) is 5.69 Å². The molecule has 1 aromatic heterocycles. The molecule has 2 aromatic rings. The predicted molar refractivity (Wildman–Crippen MR) is 73.9 cm³/mol. The molecule has 0 radical (unpaired) electrons. The molecule has 0 saturated carbocycles. The van der Waals surface area contributed by atoms with Crippen molar-refractivity contribution in [2.75, 3.05) is 6.54 Å². The van der Waals surface area contributed by atoms with Gasteiger partial charge < -0.3 is 9.84 Å². The number of carbonyl (C=O) groups excluding carboxylic acids is 1. The van der Waals surface area contributed by atoms with E-state index < -0.39 is 0 Å². The van der Waals surface area contributed by atoms with Crippen LogP contribution in [0, 0.1) is 6.92 Å². The molecule has 0 bridgehead atoms. The summed E-state index contributed by atoms with van der Waals surface area (Å²) >= 11 is 0. The molecule has 0 aliphatic heterocycles.